The Labute approximate surface area is 185 Å². The van der Waals surface area contributed by atoms with E-state index in [1.807, 2.05) is 31.2 Å². The summed E-state index contributed by atoms with van der Waals surface area (Å²) in [6.45, 7) is 5.63. The number of hydrogen-bond acceptors (Lipinski definition) is 7. The molecule has 32 heavy (non-hydrogen) atoms. The molecule has 1 aromatic heterocycles. The van der Waals surface area contributed by atoms with E-state index >= 15 is 0 Å². The number of carbonyl (C=O) groups is 1. The highest BCUT2D eigenvalue weighted by Crippen LogP contribution is 2.18. The van der Waals surface area contributed by atoms with Gasteiger partial charge in [-0.2, -0.15) is 4.98 Å². The van der Waals surface area contributed by atoms with Crippen LogP contribution in [0.15, 0.2) is 53.1 Å². The van der Waals surface area contributed by atoms with E-state index in [9.17, 15) is 14.9 Å². The molecule has 0 unspecified atom stereocenters. The topological polar surface area (TPSA) is 106 Å². The van der Waals surface area contributed by atoms with Gasteiger partial charge in [0.2, 0.25) is 11.7 Å². The van der Waals surface area contributed by atoms with Crippen molar-refractivity contribution in [2.45, 2.75) is 19.8 Å². The molecule has 1 aliphatic heterocycles. The van der Waals surface area contributed by atoms with Gasteiger partial charge in [0.05, 0.1) is 4.92 Å². The fraction of sp³-hybridized carbons (Fsp3) is 0.348. The van der Waals surface area contributed by atoms with E-state index in [0.717, 1.165) is 31.6 Å². The van der Waals surface area contributed by atoms with Crippen molar-refractivity contribution in [1.82, 2.24) is 19.9 Å². The average molecular weight is 435 g/mol. The summed E-state index contributed by atoms with van der Waals surface area (Å²) >= 11 is 0. The van der Waals surface area contributed by atoms with Crippen molar-refractivity contribution >= 4 is 11.6 Å². The lowest BCUT2D eigenvalue weighted by atomic mass is 10.1. The minimum Gasteiger partial charge on any atom is -0.339 e. The Bertz CT molecular complexity index is 1090. The number of benzene rings is 2. The first-order valence-electron chi connectivity index (χ1n) is 10.7. The molecule has 0 atom stereocenters. The van der Waals surface area contributed by atoms with Crippen LogP contribution in [0, 0.1) is 17.0 Å². The van der Waals surface area contributed by atoms with E-state index in [1.165, 1.54) is 17.7 Å². The lowest BCUT2D eigenvalue weighted by Gasteiger charge is -2.34. The van der Waals surface area contributed by atoms with Gasteiger partial charge in [-0.15, -0.1) is 0 Å². The molecule has 9 nitrogen and oxygen atoms in total. The third kappa shape index (κ3) is 5.17. The van der Waals surface area contributed by atoms with E-state index in [1.54, 1.807) is 17.0 Å². The zero-order valence-corrected chi connectivity index (χ0v) is 17.9. The molecule has 0 radical (unpaired) electrons. The number of aromatic nitrogens is 2. The Kier molecular flexibility index (Phi) is 6.55. The molecule has 0 saturated carbocycles. The zero-order chi connectivity index (χ0) is 22.5. The molecule has 3 aromatic rings. The molecule has 9 heteroatoms. The van der Waals surface area contributed by atoms with E-state index in [0.29, 0.717) is 36.8 Å². The number of hydrogen-bond donors (Lipinski definition) is 0. The number of nitro groups is 1. The number of piperazine rings is 1. The van der Waals surface area contributed by atoms with Crippen molar-refractivity contribution in [2.24, 2.45) is 0 Å². The van der Waals surface area contributed by atoms with Crippen molar-refractivity contribution in [1.29, 1.82) is 0 Å². The number of non-ortho nitro benzene ring substituents is 1. The Morgan fingerprint density at radius 2 is 1.88 bits per heavy atom. The van der Waals surface area contributed by atoms with Crippen LogP contribution in [0.25, 0.3) is 11.4 Å². The quantitative estimate of drug-likeness (QED) is 0.414. The molecule has 0 N–H and O–H groups in total. The maximum absolute atomic E-state index is 12.7. The summed E-state index contributed by atoms with van der Waals surface area (Å²) in [7, 11) is 0. The summed E-state index contributed by atoms with van der Waals surface area (Å²) in [5.41, 5.74) is 2.41. The minimum atomic E-state index is -0.484. The van der Waals surface area contributed by atoms with Crippen LogP contribution in [0.1, 0.15) is 28.2 Å². The number of rotatable bonds is 7. The van der Waals surface area contributed by atoms with Crippen LogP contribution >= 0.6 is 0 Å². The van der Waals surface area contributed by atoms with Crippen molar-refractivity contribution in [3.63, 3.8) is 0 Å². The van der Waals surface area contributed by atoms with Crippen LogP contribution in [0.4, 0.5) is 5.69 Å². The molecule has 2 aromatic carbocycles. The summed E-state index contributed by atoms with van der Waals surface area (Å²) in [4.78, 5) is 31.7. The van der Waals surface area contributed by atoms with Gasteiger partial charge in [0.15, 0.2) is 0 Å². The lowest BCUT2D eigenvalue weighted by Crippen LogP contribution is -2.48. The SMILES string of the molecule is Cc1ccc(-c2noc(CCCN3CCN(C(=O)c4cccc([N+](=O)[O-])c4)CC3)n2)cc1. The molecule has 2 heterocycles. The van der Waals surface area contributed by atoms with Crippen LogP contribution in [0.3, 0.4) is 0 Å². The molecule has 1 saturated heterocycles. The summed E-state index contributed by atoms with van der Waals surface area (Å²) in [6, 6.07) is 13.9. The lowest BCUT2D eigenvalue weighted by molar-refractivity contribution is -0.384. The van der Waals surface area contributed by atoms with Gasteiger partial charge < -0.3 is 9.42 Å². The van der Waals surface area contributed by atoms with Gasteiger partial charge >= 0.3 is 0 Å². The second kappa shape index (κ2) is 9.69. The minimum absolute atomic E-state index is 0.0685. The van der Waals surface area contributed by atoms with E-state index in [2.05, 4.69) is 15.0 Å². The standard InChI is InChI=1S/C23H25N5O4/c1-17-7-9-18(10-8-17)22-24-21(32-25-22)6-3-11-26-12-14-27(15-13-26)23(29)19-4-2-5-20(16-19)28(30)31/h2,4-5,7-10,16H,3,6,11-15H2,1H3. The Hall–Kier alpha value is -3.59. The maximum atomic E-state index is 12.7. The van der Waals surface area contributed by atoms with E-state index in [4.69, 9.17) is 4.52 Å². The normalized spacial score (nSPS) is 14.5. The summed E-state index contributed by atoms with van der Waals surface area (Å²) in [5.74, 6) is 1.07. The fourth-order valence-corrected chi connectivity index (χ4v) is 3.74. The number of nitro benzene ring substituents is 1. The van der Waals surface area contributed by atoms with Gasteiger partial charge in [-0.05, 0) is 26.0 Å². The second-order valence-electron chi connectivity index (χ2n) is 7.92. The Morgan fingerprint density at radius 3 is 2.59 bits per heavy atom. The highest BCUT2D eigenvalue weighted by Gasteiger charge is 2.23. The first-order chi connectivity index (χ1) is 15.5. The predicted molar refractivity (Wildman–Crippen MR) is 118 cm³/mol. The summed E-state index contributed by atoms with van der Waals surface area (Å²) in [6.07, 6.45) is 1.58. The van der Waals surface area contributed by atoms with Crippen LogP contribution in [-0.2, 0) is 6.42 Å². The third-order valence-corrected chi connectivity index (χ3v) is 5.61. The molecular formula is C23H25N5O4. The first-order valence-corrected chi connectivity index (χ1v) is 10.7. The molecule has 0 spiro atoms. The van der Waals surface area contributed by atoms with Crippen molar-refractivity contribution in [3.8, 4) is 11.4 Å². The van der Waals surface area contributed by atoms with Gasteiger partial charge in [0.25, 0.3) is 11.6 Å². The van der Waals surface area contributed by atoms with Gasteiger partial charge in [0.1, 0.15) is 0 Å². The van der Waals surface area contributed by atoms with Gasteiger partial charge in [0, 0.05) is 55.9 Å². The van der Waals surface area contributed by atoms with Crippen molar-refractivity contribution in [3.05, 3.63) is 75.7 Å². The Morgan fingerprint density at radius 1 is 1.12 bits per heavy atom. The maximum Gasteiger partial charge on any atom is 0.270 e. The number of aryl methyl sites for hydroxylation is 2. The molecular weight excluding hydrogens is 410 g/mol. The smallest absolute Gasteiger partial charge is 0.270 e. The molecule has 0 aliphatic carbocycles. The van der Waals surface area contributed by atoms with Crippen molar-refractivity contribution < 1.29 is 14.2 Å². The van der Waals surface area contributed by atoms with Crippen LogP contribution < -0.4 is 0 Å². The highest BCUT2D eigenvalue weighted by atomic mass is 16.6. The third-order valence-electron chi connectivity index (χ3n) is 5.61. The van der Waals surface area contributed by atoms with E-state index < -0.39 is 4.92 Å². The summed E-state index contributed by atoms with van der Waals surface area (Å²) < 4.78 is 5.38. The zero-order valence-electron chi connectivity index (χ0n) is 17.9. The first kappa shape index (κ1) is 21.6. The molecule has 1 amide bonds. The van der Waals surface area contributed by atoms with E-state index in [-0.39, 0.29) is 11.6 Å². The average Bonchev–Trinajstić information content (AvgIpc) is 3.28. The molecule has 0 bridgehead atoms. The predicted octanol–water partition coefficient (Wildman–Crippen LogP) is 3.34. The monoisotopic (exact) mass is 435 g/mol. The van der Waals surface area contributed by atoms with Crippen LogP contribution in [-0.4, -0.2) is 63.5 Å². The highest BCUT2D eigenvalue weighted by molar-refractivity contribution is 5.94. The van der Waals surface area contributed by atoms with Crippen LogP contribution in [0.2, 0.25) is 0 Å². The summed E-state index contributed by atoms with van der Waals surface area (Å²) in [5, 5.41) is 15.0. The van der Waals surface area contributed by atoms with Gasteiger partial charge in [-0.3, -0.25) is 19.8 Å². The number of amides is 1. The number of carbonyl (C=O) groups excluding carboxylic acids is 1. The largest absolute Gasteiger partial charge is 0.339 e. The van der Waals surface area contributed by atoms with Crippen LogP contribution in [0.5, 0.6) is 0 Å². The molecule has 166 valence electrons. The molecule has 4 rings (SSSR count). The Balaban J connectivity index is 1.23. The fourth-order valence-electron chi connectivity index (χ4n) is 3.74. The van der Waals surface area contributed by atoms with Gasteiger partial charge in [-0.25, -0.2) is 0 Å². The molecule has 1 fully saturated rings. The molecule has 1 aliphatic rings. The second-order valence-corrected chi connectivity index (χ2v) is 7.92. The van der Waals surface area contributed by atoms with Gasteiger partial charge in [-0.1, -0.05) is 41.1 Å². The number of nitrogens with zero attached hydrogens (tertiary/aromatic N) is 5. The van der Waals surface area contributed by atoms with Crippen molar-refractivity contribution in [2.75, 3.05) is 32.7 Å².